The fraction of sp³-hybridized carbons (Fsp3) is 1.00. The normalized spacial score (nSPS) is 60.2. The van der Waals surface area contributed by atoms with Gasteiger partial charge in [-0.3, -0.25) is 0 Å². The SMILES string of the molecule is CC(C)C1CC(C(C)C2C3C4CC23C4(C)C)C1C. The quantitative estimate of drug-likeness (QED) is 0.668. The van der Waals surface area contributed by atoms with Crippen LogP contribution < -0.4 is 0 Å². The van der Waals surface area contributed by atoms with Crippen molar-refractivity contribution in [2.75, 3.05) is 0 Å². The molecule has 1 spiro atoms. The Bertz CT molecular complexity index is 393. The molecule has 5 fully saturated rings. The van der Waals surface area contributed by atoms with Gasteiger partial charge in [-0.1, -0.05) is 41.5 Å². The Balaban J connectivity index is 1.44. The van der Waals surface area contributed by atoms with Crippen molar-refractivity contribution in [3.05, 3.63) is 0 Å². The van der Waals surface area contributed by atoms with Crippen LogP contribution in [0.2, 0.25) is 0 Å². The largest absolute Gasteiger partial charge is 0.0625 e. The van der Waals surface area contributed by atoms with Crippen LogP contribution in [0.1, 0.15) is 54.4 Å². The third-order valence-corrected chi connectivity index (χ3v) is 8.58. The van der Waals surface area contributed by atoms with Crippen molar-refractivity contribution in [1.82, 2.24) is 0 Å². The summed E-state index contributed by atoms with van der Waals surface area (Å²) < 4.78 is 0. The van der Waals surface area contributed by atoms with Crippen molar-refractivity contribution in [2.45, 2.75) is 54.4 Å². The minimum atomic E-state index is 0.723. The molecule has 0 radical (unpaired) electrons. The molecule has 0 aromatic heterocycles. The summed E-state index contributed by atoms with van der Waals surface area (Å²) in [4.78, 5) is 0. The Morgan fingerprint density at radius 3 is 2.06 bits per heavy atom. The van der Waals surface area contributed by atoms with Gasteiger partial charge in [-0.2, -0.15) is 0 Å². The van der Waals surface area contributed by atoms with Crippen molar-refractivity contribution in [2.24, 2.45) is 58.2 Å². The van der Waals surface area contributed by atoms with Gasteiger partial charge in [0.05, 0.1) is 0 Å². The molecular formula is C18H30. The summed E-state index contributed by atoms with van der Waals surface area (Å²) in [5, 5.41) is 0. The highest BCUT2D eigenvalue weighted by molar-refractivity contribution is 5.40. The molecule has 0 N–H and O–H groups in total. The van der Waals surface area contributed by atoms with Crippen LogP contribution in [0.3, 0.4) is 0 Å². The van der Waals surface area contributed by atoms with Crippen molar-refractivity contribution >= 4 is 0 Å². The molecule has 0 nitrogen and oxygen atoms in total. The van der Waals surface area contributed by atoms with Gasteiger partial charge in [0.1, 0.15) is 0 Å². The standard InChI is InChI=1S/C18H30/c1-9(2)12-7-13(10(12)3)11(4)15-16-14-8-18(15,16)17(14,5)6/h9-16H,7-8H2,1-6H3. The molecule has 0 heteroatoms. The Hall–Kier alpha value is 0. The summed E-state index contributed by atoms with van der Waals surface area (Å²) >= 11 is 0. The molecule has 0 saturated heterocycles. The van der Waals surface area contributed by atoms with Gasteiger partial charge in [0, 0.05) is 0 Å². The zero-order valence-corrected chi connectivity index (χ0v) is 13.0. The van der Waals surface area contributed by atoms with Crippen LogP contribution in [0.15, 0.2) is 0 Å². The van der Waals surface area contributed by atoms with Crippen molar-refractivity contribution in [1.29, 1.82) is 0 Å². The van der Waals surface area contributed by atoms with Crippen LogP contribution in [-0.4, -0.2) is 0 Å². The molecule has 5 aliphatic carbocycles. The summed E-state index contributed by atoms with van der Waals surface area (Å²) in [6.07, 6.45) is 3.12. The van der Waals surface area contributed by atoms with Crippen LogP contribution in [-0.2, 0) is 0 Å². The smallest absolute Gasteiger partial charge is 0.0173 e. The average molecular weight is 246 g/mol. The first-order valence-corrected chi connectivity index (χ1v) is 8.34. The van der Waals surface area contributed by atoms with E-state index < -0.39 is 0 Å². The Morgan fingerprint density at radius 2 is 1.72 bits per heavy atom. The maximum Gasteiger partial charge on any atom is -0.0173 e. The van der Waals surface area contributed by atoms with Crippen molar-refractivity contribution in [3.63, 3.8) is 0 Å². The highest BCUT2D eigenvalue weighted by Crippen LogP contribution is 2.98. The molecule has 0 aliphatic heterocycles. The maximum absolute atomic E-state index is 2.60. The van der Waals surface area contributed by atoms with Gasteiger partial charge in [-0.05, 0) is 71.0 Å². The maximum atomic E-state index is 2.60. The molecule has 0 aromatic carbocycles. The van der Waals surface area contributed by atoms with Crippen LogP contribution >= 0.6 is 0 Å². The van der Waals surface area contributed by atoms with Gasteiger partial charge in [0.2, 0.25) is 0 Å². The lowest BCUT2D eigenvalue weighted by atomic mass is 9.39. The molecular weight excluding hydrogens is 216 g/mol. The van der Waals surface area contributed by atoms with E-state index in [0.717, 1.165) is 52.3 Å². The lowest BCUT2D eigenvalue weighted by molar-refractivity contribution is -0.174. The van der Waals surface area contributed by atoms with Crippen LogP contribution in [0, 0.1) is 58.2 Å². The lowest BCUT2D eigenvalue weighted by Gasteiger charge is -2.65. The summed E-state index contributed by atoms with van der Waals surface area (Å²) in [6, 6.07) is 0. The van der Waals surface area contributed by atoms with Crippen molar-refractivity contribution < 1.29 is 0 Å². The Morgan fingerprint density at radius 1 is 1.06 bits per heavy atom. The minimum Gasteiger partial charge on any atom is -0.0625 e. The molecule has 0 heterocycles. The lowest BCUT2D eigenvalue weighted by Crippen LogP contribution is -2.59. The van der Waals surface area contributed by atoms with Gasteiger partial charge in [0.25, 0.3) is 0 Å². The van der Waals surface area contributed by atoms with Crippen LogP contribution in [0.5, 0.6) is 0 Å². The molecule has 8 unspecified atom stereocenters. The predicted molar refractivity (Wildman–Crippen MR) is 76.1 cm³/mol. The topological polar surface area (TPSA) is 0 Å². The van der Waals surface area contributed by atoms with E-state index in [0.29, 0.717) is 0 Å². The van der Waals surface area contributed by atoms with Gasteiger partial charge in [0.15, 0.2) is 0 Å². The molecule has 2 bridgehead atoms. The van der Waals surface area contributed by atoms with Gasteiger partial charge >= 0.3 is 0 Å². The highest BCUT2D eigenvalue weighted by Gasteiger charge is 2.93. The highest BCUT2D eigenvalue weighted by atomic mass is 15.0. The molecule has 5 rings (SSSR count). The van der Waals surface area contributed by atoms with E-state index in [-0.39, 0.29) is 0 Å². The Kier molecular flexibility index (Phi) is 1.98. The van der Waals surface area contributed by atoms with E-state index in [1.807, 2.05) is 0 Å². The zero-order valence-electron chi connectivity index (χ0n) is 13.0. The second-order valence-electron chi connectivity index (χ2n) is 9.15. The second-order valence-corrected chi connectivity index (χ2v) is 9.15. The molecule has 0 amide bonds. The van der Waals surface area contributed by atoms with Crippen LogP contribution in [0.4, 0.5) is 0 Å². The molecule has 5 aliphatic rings. The first-order chi connectivity index (χ1) is 8.34. The van der Waals surface area contributed by atoms with Crippen LogP contribution in [0.25, 0.3) is 0 Å². The third-order valence-electron chi connectivity index (χ3n) is 8.58. The summed E-state index contributed by atoms with van der Waals surface area (Å²) in [5.41, 5.74) is 1.57. The van der Waals surface area contributed by atoms with Gasteiger partial charge in [-0.15, -0.1) is 0 Å². The Labute approximate surface area is 113 Å². The minimum absolute atomic E-state index is 0.723. The van der Waals surface area contributed by atoms with E-state index in [1.165, 1.54) is 12.3 Å². The second kappa shape index (κ2) is 3.01. The first kappa shape index (κ1) is 11.8. The van der Waals surface area contributed by atoms with E-state index >= 15 is 0 Å². The van der Waals surface area contributed by atoms with E-state index in [4.69, 9.17) is 0 Å². The molecule has 8 atom stereocenters. The van der Waals surface area contributed by atoms with E-state index in [1.54, 1.807) is 6.42 Å². The fourth-order valence-electron chi connectivity index (χ4n) is 7.16. The summed E-state index contributed by atoms with van der Waals surface area (Å²) in [5.74, 6) is 8.41. The van der Waals surface area contributed by atoms with E-state index in [2.05, 4.69) is 41.5 Å². The van der Waals surface area contributed by atoms with E-state index in [9.17, 15) is 0 Å². The third kappa shape index (κ3) is 0.937. The summed E-state index contributed by atoms with van der Waals surface area (Å²) in [6.45, 7) is 15.1. The summed E-state index contributed by atoms with van der Waals surface area (Å²) in [7, 11) is 0. The molecule has 18 heavy (non-hydrogen) atoms. The first-order valence-electron chi connectivity index (χ1n) is 8.34. The average Bonchev–Trinajstić information content (AvgIpc) is 2.72. The van der Waals surface area contributed by atoms with Gasteiger partial charge in [-0.25, -0.2) is 0 Å². The fourth-order valence-corrected chi connectivity index (χ4v) is 7.16. The number of hydrogen-bond donors (Lipinski definition) is 0. The molecule has 5 saturated carbocycles. The molecule has 102 valence electrons. The number of hydrogen-bond acceptors (Lipinski definition) is 0. The van der Waals surface area contributed by atoms with Gasteiger partial charge < -0.3 is 0 Å². The number of rotatable bonds is 3. The predicted octanol–water partition coefficient (Wildman–Crippen LogP) is 4.84. The zero-order chi connectivity index (χ0) is 13.0. The molecule has 0 aromatic rings. The monoisotopic (exact) mass is 246 g/mol. The van der Waals surface area contributed by atoms with Crippen molar-refractivity contribution in [3.8, 4) is 0 Å².